The number of hydrogen-bond donors (Lipinski definition) is 2. The molecule has 3 heteroatoms. The van der Waals surface area contributed by atoms with Crippen molar-refractivity contribution >= 4 is 5.84 Å². The lowest BCUT2D eigenvalue weighted by atomic mass is 10.2. The Morgan fingerprint density at radius 1 is 1.24 bits per heavy atom. The van der Waals surface area contributed by atoms with Gasteiger partial charge in [0.1, 0.15) is 0 Å². The second-order valence-electron chi connectivity index (χ2n) is 4.39. The summed E-state index contributed by atoms with van der Waals surface area (Å²) in [5, 5.41) is 7.22. The van der Waals surface area contributed by atoms with Crippen LogP contribution in [0.1, 0.15) is 31.7 Å². The quantitative estimate of drug-likeness (QED) is 0.535. The van der Waals surface area contributed by atoms with Gasteiger partial charge in [0, 0.05) is 13.0 Å². The summed E-state index contributed by atoms with van der Waals surface area (Å²) in [4.78, 5) is 2.43. The summed E-state index contributed by atoms with van der Waals surface area (Å²) in [6, 6.07) is 10.5. The van der Waals surface area contributed by atoms with E-state index in [0.717, 1.165) is 32.5 Å². The highest BCUT2D eigenvalue weighted by Gasteiger charge is 2.04. The van der Waals surface area contributed by atoms with Gasteiger partial charge in [-0.2, -0.15) is 0 Å². The van der Waals surface area contributed by atoms with Gasteiger partial charge in [0.05, 0.1) is 5.84 Å². The van der Waals surface area contributed by atoms with Gasteiger partial charge in [-0.1, -0.05) is 37.3 Å². The van der Waals surface area contributed by atoms with Gasteiger partial charge in [-0.05, 0) is 31.5 Å². The van der Waals surface area contributed by atoms with Crippen LogP contribution in [0.15, 0.2) is 30.3 Å². The average Bonchev–Trinajstić information content (AvgIpc) is 2.30. The van der Waals surface area contributed by atoms with Crippen LogP contribution in [0.3, 0.4) is 0 Å². The van der Waals surface area contributed by atoms with E-state index >= 15 is 0 Å². The Kier molecular flexibility index (Phi) is 6.33. The highest BCUT2D eigenvalue weighted by atomic mass is 15.1. The largest absolute Gasteiger partial charge is 0.388 e. The number of nitrogens with one attached hydrogen (secondary N) is 1. The SMILES string of the molecule is CCCN(CCCC(=N)N)Cc1ccccc1. The van der Waals surface area contributed by atoms with Crippen LogP contribution in [-0.4, -0.2) is 23.8 Å². The summed E-state index contributed by atoms with van der Waals surface area (Å²) >= 11 is 0. The zero-order chi connectivity index (χ0) is 12.5. The minimum Gasteiger partial charge on any atom is -0.388 e. The number of amidine groups is 1. The molecule has 0 aliphatic heterocycles. The Balaban J connectivity index is 2.40. The van der Waals surface area contributed by atoms with Gasteiger partial charge in [-0.15, -0.1) is 0 Å². The Morgan fingerprint density at radius 3 is 2.53 bits per heavy atom. The van der Waals surface area contributed by atoms with Crippen molar-refractivity contribution in [1.82, 2.24) is 4.90 Å². The third-order valence-corrected chi connectivity index (χ3v) is 2.71. The van der Waals surface area contributed by atoms with Gasteiger partial charge in [0.15, 0.2) is 0 Å². The van der Waals surface area contributed by atoms with Crippen molar-refractivity contribution in [3.8, 4) is 0 Å². The van der Waals surface area contributed by atoms with Gasteiger partial charge >= 0.3 is 0 Å². The van der Waals surface area contributed by atoms with Crippen molar-refractivity contribution in [2.24, 2.45) is 5.73 Å². The van der Waals surface area contributed by atoms with E-state index in [0.29, 0.717) is 12.3 Å². The van der Waals surface area contributed by atoms with E-state index in [1.165, 1.54) is 5.56 Å². The molecule has 0 radical (unpaired) electrons. The molecule has 0 heterocycles. The smallest absolute Gasteiger partial charge is 0.0905 e. The number of hydrogen-bond acceptors (Lipinski definition) is 2. The highest BCUT2D eigenvalue weighted by Crippen LogP contribution is 2.06. The first-order valence-electron chi connectivity index (χ1n) is 6.31. The molecule has 1 aromatic rings. The Bertz CT molecular complexity index is 321. The van der Waals surface area contributed by atoms with Crippen molar-refractivity contribution < 1.29 is 0 Å². The summed E-state index contributed by atoms with van der Waals surface area (Å²) in [6.45, 7) is 5.31. The molecule has 0 fully saturated rings. The van der Waals surface area contributed by atoms with Crippen LogP contribution in [0, 0.1) is 5.41 Å². The first-order chi connectivity index (χ1) is 8.22. The topological polar surface area (TPSA) is 53.1 Å². The second kappa shape index (κ2) is 7.85. The molecule has 0 amide bonds. The van der Waals surface area contributed by atoms with Crippen molar-refractivity contribution in [2.75, 3.05) is 13.1 Å². The molecule has 3 nitrogen and oxygen atoms in total. The standard InChI is InChI=1S/C14H23N3/c1-2-10-17(11-6-9-14(15)16)12-13-7-4-3-5-8-13/h3-5,7-8H,2,6,9-12H2,1H3,(H3,15,16). The minimum atomic E-state index is 0.293. The van der Waals surface area contributed by atoms with Crippen molar-refractivity contribution in [1.29, 1.82) is 5.41 Å². The molecule has 0 saturated heterocycles. The van der Waals surface area contributed by atoms with E-state index in [-0.39, 0.29) is 0 Å². The van der Waals surface area contributed by atoms with Crippen LogP contribution in [-0.2, 0) is 6.54 Å². The average molecular weight is 233 g/mol. The van der Waals surface area contributed by atoms with E-state index in [1.807, 2.05) is 6.07 Å². The van der Waals surface area contributed by atoms with Gasteiger partial charge in [0.25, 0.3) is 0 Å². The summed E-state index contributed by atoms with van der Waals surface area (Å²) in [5.74, 6) is 0.293. The van der Waals surface area contributed by atoms with Gasteiger partial charge < -0.3 is 5.73 Å². The lowest BCUT2D eigenvalue weighted by molar-refractivity contribution is 0.264. The Labute approximate surface area is 104 Å². The van der Waals surface area contributed by atoms with Crippen molar-refractivity contribution in [2.45, 2.75) is 32.7 Å². The van der Waals surface area contributed by atoms with Gasteiger partial charge in [-0.25, -0.2) is 0 Å². The van der Waals surface area contributed by atoms with E-state index in [2.05, 4.69) is 36.1 Å². The first kappa shape index (κ1) is 13.7. The molecule has 17 heavy (non-hydrogen) atoms. The predicted molar refractivity (Wildman–Crippen MR) is 73.2 cm³/mol. The fraction of sp³-hybridized carbons (Fsp3) is 0.500. The van der Waals surface area contributed by atoms with Crippen LogP contribution in [0.4, 0.5) is 0 Å². The van der Waals surface area contributed by atoms with Crippen LogP contribution in [0.5, 0.6) is 0 Å². The summed E-state index contributed by atoms with van der Waals surface area (Å²) < 4.78 is 0. The van der Waals surface area contributed by atoms with Gasteiger partial charge in [-0.3, -0.25) is 10.3 Å². The third-order valence-electron chi connectivity index (χ3n) is 2.71. The fourth-order valence-electron chi connectivity index (χ4n) is 1.92. The molecule has 3 N–H and O–H groups in total. The van der Waals surface area contributed by atoms with E-state index in [9.17, 15) is 0 Å². The van der Waals surface area contributed by atoms with Crippen molar-refractivity contribution in [3.05, 3.63) is 35.9 Å². The summed E-state index contributed by atoms with van der Waals surface area (Å²) in [7, 11) is 0. The highest BCUT2D eigenvalue weighted by molar-refractivity contribution is 5.76. The minimum absolute atomic E-state index is 0.293. The van der Waals surface area contributed by atoms with Crippen LogP contribution < -0.4 is 5.73 Å². The number of nitrogens with two attached hydrogens (primary N) is 1. The molecule has 0 aliphatic rings. The maximum absolute atomic E-state index is 7.22. The second-order valence-corrected chi connectivity index (χ2v) is 4.39. The molecule has 94 valence electrons. The Hall–Kier alpha value is -1.35. The molecule has 0 unspecified atom stereocenters. The van der Waals surface area contributed by atoms with E-state index in [4.69, 9.17) is 11.1 Å². The number of benzene rings is 1. The van der Waals surface area contributed by atoms with E-state index in [1.54, 1.807) is 0 Å². The van der Waals surface area contributed by atoms with Crippen LogP contribution in [0.2, 0.25) is 0 Å². The van der Waals surface area contributed by atoms with E-state index < -0.39 is 0 Å². The van der Waals surface area contributed by atoms with Gasteiger partial charge in [0.2, 0.25) is 0 Å². The molecule has 0 aliphatic carbocycles. The summed E-state index contributed by atoms with van der Waals surface area (Å²) in [6.07, 6.45) is 2.84. The molecule has 1 rings (SSSR count). The first-order valence-corrected chi connectivity index (χ1v) is 6.31. The molecular weight excluding hydrogens is 210 g/mol. The van der Waals surface area contributed by atoms with Crippen LogP contribution in [0.25, 0.3) is 0 Å². The third kappa shape index (κ3) is 6.07. The molecule has 0 spiro atoms. The maximum atomic E-state index is 7.22. The normalized spacial score (nSPS) is 10.7. The molecule has 0 saturated carbocycles. The monoisotopic (exact) mass is 233 g/mol. The molecule has 0 bridgehead atoms. The lowest BCUT2D eigenvalue weighted by Crippen LogP contribution is -2.26. The predicted octanol–water partition coefficient (Wildman–Crippen LogP) is 2.61. The zero-order valence-electron chi connectivity index (χ0n) is 10.7. The number of rotatable bonds is 8. The molecule has 0 atom stereocenters. The molecule has 1 aromatic carbocycles. The van der Waals surface area contributed by atoms with Crippen LogP contribution >= 0.6 is 0 Å². The summed E-state index contributed by atoms with van der Waals surface area (Å²) in [5.41, 5.74) is 6.72. The lowest BCUT2D eigenvalue weighted by Gasteiger charge is -2.21. The van der Waals surface area contributed by atoms with Crippen molar-refractivity contribution in [3.63, 3.8) is 0 Å². The zero-order valence-corrected chi connectivity index (χ0v) is 10.7. The number of nitrogens with zero attached hydrogens (tertiary/aromatic N) is 1. The maximum Gasteiger partial charge on any atom is 0.0905 e. The molecular formula is C14H23N3. The molecule has 0 aromatic heterocycles. The fourth-order valence-corrected chi connectivity index (χ4v) is 1.92. The Morgan fingerprint density at radius 2 is 1.94 bits per heavy atom.